The highest BCUT2D eigenvalue weighted by molar-refractivity contribution is 6.21. The van der Waals surface area contributed by atoms with Gasteiger partial charge in [-0.1, -0.05) is 67.1 Å². The fraction of sp³-hybridized carbons (Fsp3) is 0.323. The molecular formula is C31H29N3O3. The summed E-state index contributed by atoms with van der Waals surface area (Å²) in [5.41, 5.74) is 3.01. The van der Waals surface area contributed by atoms with Gasteiger partial charge in [0.05, 0.1) is 5.92 Å². The molecule has 4 aliphatic rings. The van der Waals surface area contributed by atoms with E-state index in [0.717, 1.165) is 47.2 Å². The summed E-state index contributed by atoms with van der Waals surface area (Å²) in [5, 5.41) is 6.23. The van der Waals surface area contributed by atoms with Crippen LogP contribution in [0.25, 0.3) is 0 Å². The molecule has 0 aromatic heterocycles. The van der Waals surface area contributed by atoms with Crippen LogP contribution in [0.2, 0.25) is 0 Å². The molecule has 3 aromatic rings. The average molecular weight is 492 g/mol. The van der Waals surface area contributed by atoms with E-state index in [0.29, 0.717) is 17.8 Å². The largest absolute Gasteiger partial charge is 0.325 e. The van der Waals surface area contributed by atoms with Crippen molar-refractivity contribution in [1.82, 2.24) is 4.90 Å². The summed E-state index contributed by atoms with van der Waals surface area (Å²) in [6, 6.07) is 21.0. The molecule has 2 amide bonds. The average Bonchev–Trinajstić information content (AvgIpc) is 3.62. The molecule has 2 spiro atoms. The molecule has 0 aliphatic carbocycles. The van der Waals surface area contributed by atoms with Gasteiger partial charge in [-0.2, -0.15) is 0 Å². The Bertz CT molecular complexity index is 1500. The van der Waals surface area contributed by atoms with Crippen LogP contribution in [0.3, 0.4) is 0 Å². The van der Waals surface area contributed by atoms with E-state index in [4.69, 9.17) is 0 Å². The van der Waals surface area contributed by atoms with E-state index in [1.54, 1.807) is 0 Å². The molecule has 6 heteroatoms. The Balaban J connectivity index is 1.58. The number of rotatable bonds is 3. The van der Waals surface area contributed by atoms with Crippen LogP contribution in [0, 0.1) is 12.8 Å². The standard InChI is InChI=1S/C31H29N3O3/c1-3-19-12-15-24-22(17-19)31(29(37)33-24)30(21-7-4-5-8-23(21)32-28(30)36)26(25-9-6-16-34(25)31)27(35)20-13-10-18(2)11-14-20/h4-5,7-8,10-15,17,25-26H,3,6,9,16H2,1-2H3,(H,32,36)(H,33,37)/t25-,26-,30+,31+/m0/s1. The molecule has 0 saturated carbocycles. The van der Waals surface area contributed by atoms with Gasteiger partial charge in [0.15, 0.2) is 5.78 Å². The van der Waals surface area contributed by atoms with Gasteiger partial charge < -0.3 is 10.6 Å². The molecule has 37 heavy (non-hydrogen) atoms. The van der Waals surface area contributed by atoms with E-state index in [1.165, 1.54) is 0 Å². The molecule has 0 radical (unpaired) electrons. The van der Waals surface area contributed by atoms with Gasteiger partial charge in [-0.15, -0.1) is 0 Å². The van der Waals surface area contributed by atoms with Gasteiger partial charge in [-0.25, -0.2) is 0 Å². The van der Waals surface area contributed by atoms with Crippen molar-refractivity contribution in [2.24, 2.45) is 5.92 Å². The van der Waals surface area contributed by atoms with Crippen molar-refractivity contribution in [3.8, 4) is 0 Å². The van der Waals surface area contributed by atoms with E-state index >= 15 is 0 Å². The van der Waals surface area contributed by atoms with Gasteiger partial charge in [-0.05, 0) is 56.0 Å². The highest BCUT2D eigenvalue weighted by atomic mass is 16.2. The lowest BCUT2D eigenvalue weighted by Gasteiger charge is -2.43. The molecular weight excluding hydrogens is 462 g/mol. The fourth-order valence-corrected chi connectivity index (χ4v) is 7.74. The zero-order valence-electron chi connectivity index (χ0n) is 21.0. The number of aryl methyl sites for hydroxylation is 2. The van der Waals surface area contributed by atoms with E-state index in [-0.39, 0.29) is 23.6 Å². The number of Topliss-reactive ketones (excluding diaryl/α,β-unsaturated/α-hetero) is 1. The van der Waals surface area contributed by atoms with Crippen LogP contribution >= 0.6 is 0 Å². The summed E-state index contributed by atoms with van der Waals surface area (Å²) in [6.07, 6.45) is 2.44. The number of fused-ring (bicyclic) bond motifs is 7. The molecule has 186 valence electrons. The zero-order valence-corrected chi connectivity index (χ0v) is 21.0. The summed E-state index contributed by atoms with van der Waals surface area (Å²) in [6.45, 7) is 4.73. The first-order valence-corrected chi connectivity index (χ1v) is 13.2. The molecule has 7 rings (SSSR count). The normalized spacial score (nSPS) is 29.4. The first-order valence-electron chi connectivity index (χ1n) is 13.2. The van der Waals surface area contributed by atoms with Crippen LogP contribution in [-0.2, 0) is 27.0 Å². The van der Waals surface area contributed by atoms with Crippen LogP contribution in [0.15, 0.2) is 66.7 Å². The lowest BCUT2D eigenvalue weighted by atomic mass is 9.57. The van der Waals surface area contributed by atoms with E-state index < -0.39 is 16.9 Å². The minimum atomic E-state index is -1.39. The maximum absolute atomic E-state index is 14.6. The van der Waals surface area contributed by atoms with Crippen molar-refractivity contribution < 1.29 is 14.4 Å². The molecule has 0 bridgehead atoms. The number of benzene rings is 3. The number of carbonyl (C=O) groups is 3. The van der Waals surface area contributed by atoms with Crippen molar-refractivity contribution in [3.05, 3.63) is 94.5 Å². The van der Waals surface area contributed by atoms with Gasteiger partial charge in [0.2, 0.25) is 5.91 Å². The Labute approximate surface area is 216 Å². The Morgan fingerprint density at radius 3 is 2.46 bits per heavy atom. The molecule has 3 aromatic carbocycles. The second kappa shape index (κ2) is 7.62. The van der Waals surface area contributed by atoms with Crippen LogP contribution in [0.4, 0.5) is 11.4 Å². The van der Waals surface area contributed by atoms with E-state index in [1.807, 2.05) is 67.6 Å². The van der Waals surface area contributed by atoms with Crippen LogP contribution < -0.4 is 10.6 Å². The second-order valence-electron chi connectivity index (χ2n) is 10.8. The smallest absolute Gasteiger partial charge is 0.251 e. The van der Waals surface area contributed by atoms with Crippen LogP contribution in [0.1, 0.15) is 52.4 Å². The van der Waals surface area contributed by atoms with Crippen molar-refractivity contribution in [1.29, 1.82) is 0 Å². The highest BCUT2D eigenvalue weighted by Gasteiger charge is 2.81. The first-order chi connectivity index (χ1) is 17.9. The molecule has 2 fully saturated rings. The summed E-state index contributed by atoms with van der Waals surface area (Å²) >= 11 is 0. The van der Waals surface area contributed by atoms with E-state index in [9.17, 15) is 14.4 Å². The Kier molecular flexibility index (Phi) is 4.62. The summed E-state index contributed by atoms with van der Waals surface area (Å²) < 4.78 is 0. The Morgan fingerprint density at radius 2 is 1.68 bits per heavy atom. The molecule has 6 nitrogen and oxygen atoms in total. The van der Waals surface area contributed by atoms with Crippen molar-refractivity contribution in [2.75, 3.05) is 17.2 Å². The Hall–Kier alpha value is -3.77. The number of nitrogens with zero attached hydrogens (tertiary/aromatic N) is 1. The van der Waals surface area contributed by atoms with Crippen LogP contribution in [0.5, 0.6) is 0 Å². The number of amides is 2. The summed E-state index contributed by atoms with van der Waals surface area (Å²) in [5.74, 6) is -1.26. The maximum atomic E-state index is 14.6. The van der Waals surface area contributed by atoms with Crippen LogP contribution in [-0.4, -0.2) is 35.1 Å². The monoisotopic (exact) mass is 491 g/mol. The third-order valence-corrected chi connectivity index (χ3v) is 9.19. The molecule has 4 atom stereocenters. The van der Waals surface area contributed by atoms with Gasteiger partial charge in [0, 0.05) is 28.5 Å². The number of hydrogen-bond donors (Lipinski definition) is 2. The molecule has 2 saturated heterocycles. The first kappa shape index (κ1) is 22.4. The number of ketones is 1. The maximum Gasteiger partial charge on any atom is 0.251 e. The summed E-state index contributed by atoms with van der Waals surface area (Å²) in [4.78, 5) is 45.7. The Morgan fingerprint density at radius 1 is 0.946 bits per heavy atom. The number of para-hydroxylation sites is 1. The topological polar surface area (TPSA) is 78.5 Å². The second-order valence-corrected chi connectivity index (χ2v) is 10.8. The molecule has 4 heterocycles. The van der Waals surface area contributed by atoms with Gasteiger partial charge in [0.1, 0.15) is 11.0 Å². The SMILES string of the molecule is CCc1ccc2c(c1)[C@]1(C(=O)N2)N2CCC[C@H]2[C@@H](C(=O)c2ccc(C)cc2)[C@]12C(=O)Nc1ccccc12. The number of hydrogen-bond acceptors (Lipinski definition) is 4. The number of nitrogens with one attached hydrogen (secondary N) is 2. The number of anilines is 2. The van der Waals surface area contributed by atoms with Gasteiger partial charge in [0.25, 0.3) is 5.91 Å². The lowest BCUT2D eigenvalue weighted by Crippen LogP contribution is -2.62. The van der Waals surface area contributed by atoms with Gasteiger partial charge >= 0.3 is 0 Å². The summed E-state index contributed by atoms with van der Waals surface area (Å²) in [7, 11) is 0. The third kappa shape index (κ3) is 2.56. The minimum Gasteiger partial charge on any atom is -0.325 e. The van der Waals surface area contributed by atoms with Crippen molar-refractivity contribution in [3.63, 3.8) is 0 Å². The van der Waals surface area contributed by atoms with Crippen molar-refractivity contribution >= 4 is 29.0 Å². The predicted molar refractivity (Wildman–Crippen MR) is 142 cm³/mol. The van der Waals surface area contributed by atoms with E-state index in [2.05, 4.69) is 28.5 Å². The van der Waals surface area contributed by atoms with Gasteiger partial charge in [-0.3, -0.25) is 19.3 Å². The molecule has 0 unspecified atom stereocenters. The lowest BCUT2D eigenvalue weighted by molar-refractivity contribution is -0.137. The quantitative estimate of drug-likeness (QED) is 0.526. The third-order valence-electron chi connectivity index (χ3n) is 9.19. The molecule has 2 N–H and O–H groups in total. The molecule has 4 aliphatic heterocycles. The zero-order chi connectivity index (χ0) is 25.5. The predicted octanol–water partition coefficient (Wildman–Crippen LogP) is 4.57. The van der Waals surface area contributed by atoms with Crippen molar-refractivity contribution in [2.45, 2.75) is 50.1 Å². The highest BCUT2D eigenvalue weighted by Crippen LogP contribution is 2.67. The fourth-order valence-electron chi connectivity index (χ4n) is 7.74. The minimum absolute atomic E-state index is 0.0754. The number of carbonyl (C=O) groups excluding carboxylic acids is 3.